The van der Waals surface area contributed by atoms with Crippen molar-refractivity contribution in [1.29, 1.82) is 0 Å². The second-order valence-electron chi connectivity index (χ2n) is 10.9. The first-order valence-electron chi connectivity index (χ1n) is 14.3. The maximum atomic E-state index is 13.5. The van der Waals surface area contributed by atoms with E-state index >= 15 is 0 Å². The van der Waals surface area contributed by atoms with E-state index in [1.807, 2.05) is 42.5 Å². The molecule has 5 rings (SSSR count). The van der Waals surface area contributed by atoms with Gasteiger partial charge in [-0.15, -0.1) is 0 Å². The molecule has 0 aromatic heterocycles. The zero-order valence-corrected chi connectivity index (χ0v) is 24.8. The number of rotatable bonds is 10. The van der Waals surface area contributed by atoms with Crippen LogP contribution in [-0.4, -0.2) is 56.3 Å². The minimum absolute atomic E-state index is 0.0580. The molecule has 1 amide bonds. The van der Waals surface area contributed by atoms with E-state index in [0.717, 1.165) is 0 Å². The Bertz CT molecular complexity index is 1530. The number of ether oxygens (including phenoxy) is 1. The monoisotopic (exact) mass is 583 g/mol. The summed E-state index contributed by atoms with van der Waals surface area (Å²) in [6.07, 6.45) is 0. The van der Waals surface area contributed by atoms with Crippen LogP contribution in [0.15, 0.2) is 114 Å². The molecule has 1 aliphatic rings. The fourth-order valence-corrected chi connectivity index (χ4v) is 6.56. The summed E-state index contributed by atoms with van der Waals surface area (Å²) in [5.41, 5.74) is 3.36. The zero-order chi connectivity index (χ0) is 29.5. The van der Waals surface area contributed by atoms with E-state index in [2.05, 4.69) is 48.3 Å². The van der Waals surface area contributed by atoms with Crippen LogP contribution in [0.25, 0.3) is 0 Å². The molecular formula is C34H37N3O4S. The SMILES string of the molecule is CC(C)COc1cccc(C(=O)Nc2ccc(S(=O)(=O)N3CCN(C(c4ccccc4)c4ccccc4)CC3)cc2)c1. The molecule has 0 saturated carbocycles. The van der Waals surface area contributed by atoms with E-state index < -0.39 is 10.0 Å². The summed E-state index contributed by atoms with van der Waals surface area (Å²) in [6, 6.07) is 34.1. The predicted molar refractivity (Wildman–Crippen MR) is 166 cm³/mol. The molecule has 0 spiro atoms. The second kappa shape index (κ2) is 13.3. The van der Waals surface area contributed by atoms with Crippen LogP contribution in [0.4, 0.5) is 5.69 Å². The lowest BCUT2D eigenvalue weighted by molar-refractivity contribution is 0.102. The van der Waals surface area contributed by atoms with Crippen molar-refractivity contribution in [3.05, 3.63) is 126 Å². The van der Waals surface area contributed by atoms with E-state index in [9.17, 15) is 13.2 Å². The Labute approximate surface area is 248 Å². The van der Waals surface area contributed by atoms with E-state index in [0.29, 0.717) is 55.7 Å². The average molecular weight is 584 g/mol. The molecule has 1 fully saturated rings. The number of hydrogen-bond acceptors (Lipinski definition) is 5. The summed E-state index contributed by atoms with van der Waals surface area (Å²) in [6.45, 7) is 6.71. The number of anilines is 1. The van der Waals surface area contributed by atoms with Crippen LogP contribution in [-0.2, 0) is 10.0 Å². The highest BCUT2D eigenvalue weighted by molar-refractivity contribution is 7.89. The number of carbonyl (C=O) groups is 1. The second-order valence-corrected chi connectivity index (χ2v) is 12.8. The number of amides is 1. The third kappa shape index (κ3) is 7.07. The number of nitrogens with one attached hydrogen (secondary N) is 1. The smallest absolute Gasteiger partial charge is 0.255 e. The van der Waals surface area contributed by atoms with Crippen molar-refractivity contribution in [2.75, 3.05) is 38.1 Å². The van der Waals surface area contributed by atoms with Crippen LogP contribution in [0.5, 0.6) is 5.75 Å². The van der Waals surface area contributed by atoms with Crippen molar-refractivity contribution in [1.82, 2.24) is 9.21 Å². The van der Waals surface area contributed by atoms with Crippen LogP contribution in [0.2, 0.25) is 0 Å². The molecule has 42 heavy (non-hydrogen) atoms. The molecule has 218 valence electrons. The third-order valence-corrected chi connectivity index (χ3v) is 9.21. The first-order chi connectivity index (χ1) is 20.3. The van der Waals surface area contributed by atoms with E-state index in [1.54, 1.807) is 46.8 Å². The first kappa shape index (κ1) is 29.5. The largest absolute Gasteiger partial charge is 0.493 e. The van der Waals surface area contributed by atoms with Crippen molar-refractivity contribution in [2.24, 2.45) is 5.92 Å². The normalized spacial score (nSPS) is 14.7. The van der Waals surface area contributed by atoms with Crippen molar-refractivity contribution >= 4 is 21.6 Å². The van der Waals surface area contributed by atoms with Gasteiger partial charge in [-0.1, -0.05) is 80.6 Å². The van der Waals surface area contributed by atoms with Gasteiger partial charge in [-0.2, -0.15) is 4.31 Å². The topological polar surface area (TPSA) is 78.9 Å². The predicted octanol–water partition coefficient (Wildman–Crippen LogP) is 6.07. The zero-order valence-electron chi connectivity index (χ0n) is 24.0. The molecule has 4 aromatic rings. The molecule has 1 N–H and O–H groups in total. The average Bonchev–Trinajstić information content (AvgIpc) is 3.02. The van der Waals surface area contributed by atoms with Gasteiger partial charge in [0, 0.05) is 37.4 Å². The fraction of sp³-hybridized carbons (Fsp3) is 0.265. The van der Waals surface area contributed by atoms with Gasteiger partial charge in [0.25, 0.3) is 5.91 Å². The number of carbonyl (C=O) groups excluding carboxylic acids is 1. The van der Waals surface area contributed by atoms with Gasteiger partial charge in [-0.25, -0.2) is 8.42 Å². The van der Waals surface area contributed by atoms with Gasteiger partial charge in [0.05, 0.1) is 17.5 Å². The Morgan fingerprint density at radius 1 is 0.786 bits per heavy atom. The maximum Gasteiger partial charge on any atom is 0.255 e. The van der Waals surface area contributed by atoms with Gasteiger partial charge < -0.3 is 10.1 Å². The summed E-state index contributed by atoms with van der Waals surface area (Å²) in [5, 5.41) is 2.85. The van der Waals surface area contributed by atoms with Crippen molar-refractivity contribution in [3.8, 4) is 5.75 Å². The van der Waals surface area contributed by atoms with Crippen LogP contribution >= 0.6 is 0 Å². The summed E-state index contributed by atoms with van der Waals surface area (Å²) in [4.78, 5) is 15.4. The molecule has 1 aliphatic heterocycles. The highest BCUT2D eigenvalue weighted by Crippen LogP contribution is 2.30. The fourth-order valence-electron chi connectivity index (χ4n) is 5.14. The lowest BCUT2D eigenvalue weighted by atomic mass is 9.96. The number of nitrogens with zero attached hydrogens (tertiary/aromatic N) is 2. The third-order valence-electron chi connectivity index (χ3n) is 7.30. The minimum atomic E-state index is -3.68. The Balaban J connectivity index is 1.23. The maximum absolute atomic E-state index is 13.5. The van der Waals surface area contributed by atoms with Crippen molar-refractivity contribution in [3.63, 3.8) is 0 Å². The molecule has 8 heteroatoms. The van der Waals surface area contributed by atoms with Gasteiger partial charge in [0.15, 0.2) is 0 Å². The molecule has 0 bridgehead atoms. The number of sulfonamides is 1. The van der Waals surface area contributed by atoms with Gasteiger partial charge in [-0.05, 0) is 59.5 Å². The Morgan fingerprint density at radius 3 is 1.95 bits per heavy atom. The van der Waals surface area contributed by atoms with Crippen LogP contribution in [0.1, 0.15) is 41.4 Å². The van der Waals surface area contributed by atoms with Crippen LogP contribution < -0.4 is 10.1 Å². The van der Waals surface area contributed by atoms with Gasteiger partial charge in [-0.3, -0.25) is 9.69 Å². The Hall–Kier alpha value is -3.98. The van der Waals surface area contributed by atoms with Crippen LogP contribution in [0, 0.1) is 5.92 Å². The number of benzene rings is 4. The summed E-state index contributed by atoms with van der Waals surface area (Å²) < 4.78 is 34.3. The molecule has 0 aliphatic carbocycles. The Kier molecular flexibility index (Phi) is 9.37. The molecule has 1 heterocycles. The minimum Gasteiger partial charge on any atom is -0.493 e. The Morgan fingerprint density at radius 2 is 1.38 bits per heavy atom. The molecule has 1 saturated heterocycles. The molecule has 0 unspecified atom stereocenters. The lowest BCUT2D eigenvalue weighted by Crippen LogP contribution is -2.49. The first-order valence-corrected chi connectivity index (χ1v) is 15.7. The van der Waals surface area contributed by atoms with Crippen molar-refractivity contribution in [2.45, 2.75) is 24.8 Å². The van der Waals surface area contributed by atoms with Crippen molar-refractivity contribution < 1.29 is 17.9 Å². The quantitative estimate of drug-likeness (QED) is 0.245. The molecule has 7 nitrogen and oxygen atoms in total. The summed E-state index contributed by atoms with van der Waals surface area (Å²) >= 11 is 0. The highest BCUT2D eigenvalue weighted by Gasteiger charge is 2.32. The van der Waals surface area contributed by atoms with E-state index in [-0.39, 0.29) is 16.8 Å². The molecule has 0 radical (unpaired) electrons. The van der Waals surface area contributed by atoms with E-state index in [4.69, 9.17) is 4.74 Å². The molecular weight excluding hydrogens is 546 g/mol. The molecule has 4 aromatic carbocycles. The number of piperazine rings is 1. The van der Waals surface area contributed by atoms with Gasteiger partial charge >= 0.3 is 0 Å². The summed E-state index contributed by atoms with van der Waals surface area (Å²) in [5.74, 6) is 0.724. The lowest BCUT2D eigenvalue weighted by Gasteiger charge is -2.39. The summed E-state index contributed by atoms with van der Waals surface area (Å²) in [7, 11) is -3.68. The van der Waals surface area contributed by atoms with Gasteiger partial charge in [0.1, 0.15) is 5.75 Å². The van der Waals surface area contributed by atoms with E-state index in [1.165, 1.54) is 11.1 Å². The highest BCUT2D eigenvalue weighted by atomic mass is 32.2. The number of hydrogen-bond donors (Lipinski definition) is 1. The van der Waals surface area contributed by atoms with Crippen LogP contribution in [0.3, 0.4) is 0 Å². The van der Waals surface area contributed by atoms with Gasteiger partial charge in [0.2, 0.25) is 10.0 Å². The standard InChI is InChI=1S/C34H37N3O4S/c1-26(2)25-41-31-15-9-14-29(24-31)34(38)35-30-16-18-32(19-17-30)42(39,40)37-22-20-36(21-23-37)33(27-10-5-3-6-11-27)28-12-7-4-8-13-28/h3-19,24,26,33H,20-23,25H2,1-2H3,(H,35,38). The molecule has 0 atom stereocenters.